The molecule has 1 heterocycles. The highest BCUT2D eigenvalue weighted by atomic mass is 16.5. The Labute approximate surface area is 85.3 Å². The predicted octanol–water partition coefficient (Wildman–Crippen LogP) is 2.70. The fourth-order valence-corrected chi connectivity index (χ4v) is 2.03. The van der Waals surface area contributed by atoms with Gasteiger partial charge in [0.05, 0.1) is 7.11 Å². The minimum atomic E-state index is 0.481. The molecule has 1 aliphatic carbocycles. The molecule has 0 saturated carbocycles. The van der Waals surface area contributed by atoms with Crippen molar-refractivity contribution in [2.75, 3.05) is 7.11 Å². The first-order valence-corrected chi connectivity index (χ1v) is 5.29. The van der Waals surface area contributed by atoms with Gasteiger partial charge in [0.15, 0.2) is 0 Å². The van der Waals surface area contributed by atoms with Crippen LogP contribution < -0.4 is 4.74 Å². The van der Waals surface area contributed by atoms with E-state index in [0.717, 1.165) is 18.0 Å². The van der Waals surface area contributed by atoms with E-state index in [9.17, 15) is 0 Å². The van der Waals surface area contributed by atoms with Crippen LogP contribution in [0.1, 0.15) is 43.0 Å². The van der Waals surface area contributed by atoms with E-state index in [1.165, 1.54) is 24.0 Å². The zero-order valence-corrected chi connectivity index (χ0v) is 9.13. The zero-order valence-electron chi connectivity index (χ0n) is 9.13. The van der Waals surface area contributed by atoms with Gasteiger partial charge in [0.25, 0.3) is 0 Å². The minimum absolute atomic E-state index is 0.481. The Morgan fingerprint density at radius 3 is 2.79 bits per heavy atom. The molecule has 0 amide bonds. The summed E-state index contributed by atoms with van der Waals surface area (Å²) in [6.07, 6.45) is 3.56. The molecule has 0 atom stereocenters. The number of aryl methyl sites for hydroxylation is 1. The van der Waals surface area contributed by atoms with Gasteiger partial charge in [0.1, 0.15) is 0 Å². The van der Waals surface area contributed by atoms with Crippen LogP contribution in [0.4, 0.5) is 0 Å². The molecule has 1 aromatic rings. The van der Waals surface area contributed by atoms with Crippen LogP contribution in [0.25, 0.3) is 0 Å². The first-order valence-electron chi connectivity index (χ1n) is 5.29. The van der Waals surface area contributed by atoms with Crippen LogP contribution in [0.2, 0.25) is 0 Å². The van der Waals surface area contributed by atoms with Crippen molar-refractivity contribution in [2.45, 2.75) is 39.0 Å². The van der Waals surface area contributed by atoms with Crippen molar-refractivity contribution >= 4 is 0 Å². The monoisotopic (exact) mass is 191 g/mol. The average molecular weight is 191 g/mol. The van der Waals surface area contributed by atoms with Gasteiger partial charge in [-0.05, 0) is 36.8 Å². The summed E-state index contributed by atoms with van der Waals surface area (Å²) < 4.78 is 5.34. The Hall–Kier alpha value is -1.05. The lowest BCUT2D eigenvalue weighted by atomic mass is 10.1. The molecule has 0 aliphatic heterocycles. The Balaban J connectivity index is 2.49. The van der Waals surface area contributed by atoms with Gasteiger partial charge in [0.2, 0.25) is 5.88 Å². The molecular formula is C12H17NO. The summed E-state index contributed by atoms with van der Waals surface area (Å²) in [5.41, 5.74) is 3.93. The maximum absolute atomic E-state index is 5.34. The van der Waals surface area contributed by atoms with E-state index in [1.54, 1.807) is 7.11 Å². The molecule has 2 nitrogen and oxygen atoms in total. The van der Waals surface area contributed by atoms with E-state index < -0.39 is 0 Å². The van der Waals surface area contributed by atoms with Gasteiger partial charge in [-0.1, -0.05) is 13.8 Å². The lowest BCUT2D eigenvalue weighted by Crippen LogP contribution is -2.00. The number of ether oxygens (including phenoxy) is 1. The molecule has 1 aromatic heterocycles. The lowest BCUT2D eigenvalue weighted by Gasteiger charge is -2.11. The molecule has 0 fully saturated rings. The second-order valence-electron chi connectivity index (χ2n) is 4.20. The summed E-state index contributed by atoms with van der Waals surface area (Å²) in [4.78, 5) is 4.54. The highest BCUT2D eigenvalue weighted by molar-refractivity contribution is 5.40. The Morgan fingerprint density at radius 2 is 2.14 bits per heavy atom. The van der Waals surface area contributed by atoms with Gasteiger partial charge in [-0.2, -0.15) is 0 Å². The van der Waals surface area contributed by atoms with Crippen molar-refractivity contribution in [3.05, 3.63) is 22.9 Å². The lowest BCUT2D eigenvalue weighted by molar-refractivity contribution is 0.391. The SMILES string of the molecule is COc1nc(C(C)C)cc2c1CCC2. The van der Waals surface area contributed by atoms with Crippen molar-refractivity contribution in [1.82, 2.24) is 4.98 Å². The second kappa shape index (κ2) is 3.60. The van der Waals surface area contributed by atoms with Gasteiger partial charge in [0, 0.05) is 11.3 Å². The molecule has 0 saturated heterocycles. The van der Waals surface area contributed by atoms with Gasteiger partial charge < -0.3 is 4.74 Å². The molecule has 0 unspecified atom stereocenters. The standard InChI is InChI=1S/C12H17NO/c1-8(2)11-7-9-5-4-6-10(9)12(13-11)14-3/h7-8H,4-6H2,1-3H3. The molecule has 14 heavy (non-hydrogen) atoms. The number of rotatable bonds is 2. The summed E-state index contributed by atoms with van der Waals surface area (Å²) >= 11 is 0. The molecule has 1 aliphatic rings. The van der Waals surface area contributed by atoms with Crippen molar-refractivity contribution in [1.29, 1.82) is 0 Å². The number of fused-ring (bicyclic) bond motifs is 1. The van der Waals surface area contributed by atoms with E-state index in [0.29, 0.717) is 5.92 Å². The van der Waals surface area contributed by atoms with Crippen LogP contribution in [0, 0.1) is 0 Å². The third-order valence-corrected chi connectivity index (χ3v) is 2.86. The minimum Gasteiger partial charge on any atom is -0.481 e. The Bertz CT molecular complexity index is 344. The Kier molecular flexibility index (Phi) is 2.44. The maximum Gasteiger partial charge on any atom is 0.216 e. The zero-order chi connectivity index (χ0) is 10.1. The van der Waals surface area contributed by atoms with Gasteiger partial charge in [-0.3, -0.25) is 0 Å². The highest BCUT2D eigenvalue weighted by Gasteiger charge is 2.18. The molecule has 0 radical (unpaired) electrons. The first-order chi connectivity index (χ1) is 6.72. The van der Waals surface area contributed by atoms with Crippen molar-refractivity contribution in [3.8, 4) is 5.88 Å². The number of methoxy groups -OCH3 is 1. The topological polar surface area (TPSA) is 22.1 Å². The van der Waals surface area contributed by atoms with Crippen LogP contribution in [-0.4, -0.2) is 12.1 Å². The summed E-state index contributed by atoms with van der Waals surface area (Å²) in [6, 6.07) is 2.25. The normalized spacial score (nSPS) is 14.6. The molecule has 0 N–H and O–H groups in total. The Morgan fingerprint density at radius 1 is 1.36 bits per heavy atom. The quantitative estimate of drug-likeness (QED) is 0.717. The summed E-state index contributed by atoms with van der Waals surface area (Å²) in [7, 11) is 1.71. The van der Waals surface area contributed by atoms with E-state index in [2.05, 4.69) is 24.9 Å². The van der Waals surface area contributed by atoms with Crippen LogP contribution in [0.5, 0.6) is 5.88 Å². The predicted molar refractivity (Wildman–Crippen MR) is 56.9 cm³/mol. The largest absolute Gasteiger partial charge is 0.481 e. The molecule has 2 heteroatoms. The molecule has 76 valence electrons. The molecular weight excluding hydrogens is 174 g/mol. The third-order valence-electron chi connectivity index (χ3n) is 2.86. The van der Waals surface area contributed by atoms with Crippen LogP contribution in [-0.2, 0) is 12.8 Å². The molecule has 0 spiro atoms. The van der Waals surface area contributed by atoms with E-state index >= 15 is 0 Å². The number of pyridine rings is 1. The highest BCUT2D eigenvalue weighted by Crippen LogP contribution is 2.31. The number of nitrogens with zero attached hydrogens (tertiary/aromatic N) is 1. The average Bonchev–Trinajstić information content (AvgIpc) is 2.63. The number of hydrogen-bond donors (Lipinski definition) is 0. The third kappa shape index (κ3) is 1.49. The fraction of sp³-hybridized carbons (Fsp3) is 0.583. The van der Waals surface area contributed by atoms with Crippen molar-refractivity contribution in [2.24, 2.45) is 0 Å². The first kappa shape index (κ1) is 9.50. The van der Waals surface area contributed by atoms with Crippen molar-refractivity contribution in [3.63, 3.8) is 0 Å². The van der Waals surface area contributed by atoms with E-state index in [-0.39, 0.29) is 0 Å². The maximum atomic E-state index is 5.34. The fourth-order valence-electron chi connectivity index (χ4n) is 2.03. The summed E-state index contributed by atoms with van der Waals surface area (Å²) in [5, 5.41) is 0. The molecule has 2 rings (SSSR count). The summed E-state index contributed by atoms with van der Waals surface area (Å²) in [5.74, 6) is 1.33. The molecule has 0 aromatic carbocycles. The number of aromatic nitrogens is 1. The smallest absolute Gasteiger partial charge is 0.216 e. The molecule has 0 bridgehead atoms. The van der Waals surface area contributed by atoms with Gasteiger partial charge in [-0.25, -0.2) is 4.98 Å². The van der Waals surface area contributed by atoms with E-state index in [4.69, 9.17) is 4.74 Å². The second-order valence-corrected chi connectivity index (χ2v) is 4.20. The van der Waals surface area contributed by atoms with E-state index in [1.807, 2.05) is 0 Å². The van der Waals surface area contributed by atoms with Crippen LogP contribution >= 0.6 is 0 Å². The summed E-state index contributed by atoms with van der Waals surface area (Å²) in [6.45, 7) is 4.34. The van der Waals surface area contributed by atoms with Gasteiger partial charge in [-0.15, -0.1) is 0 Å². The van der Waals surface area contributed by atoms with Crippen LogP contribution in [0.15, 0.2) is 6.07 Å². The van der Waals surface area contributed by atoms with Crippen molar-refractivity contribution < 1.29 is 4.74 Å². The van der Waals surface area contributed by atoms with Crippen LogP contribution in [0.3, 0.4) is 0 Å². The van der Waals surface area contributed by atoms with Gasteiger partial charge >= 0.3 is 0 Å². The number of hydrogen-bond acceptors (Lipinski definition) is 2.